The molecular formula is C29H21FN2O4. The Hall–Kier alpha value is -4.83. The van der Waals surface area contributed by atoms with Gasteiger partial charge in [-0.25, -0.2) is 9.18 Å². The fraction of sp³-hybridized carbons (Fsp3) is 0.103. The fourth-order valence-electron chi connectivity index (χ4n) is 4.30. The molecule has 6 nitrogen and oxygen atoms in total. The summed E-state index contributed by atoms with van der Waals surface area (Å²) in [7, 11) is 0. The van der Waals surface area contributed by atoms with E-state index < -0.39 is 23.8 Å². The number of rotatable bonds is 5. The molecule has 1 heterocycles. The first kappa shape index (κ1) is 22.9. The van der Waals surface area contributed by atoms with Crippen molar-refractivity contribution in [2.75, 3.05) is 0 Å². The van der Waals surface area contributed by atoms with Crippen LogP contribution in [0.15, 0.2) is 96.4 Å². The Morgan fingerprint density at radius 3 is 2.58 bits per heavy atom. The molecule has 0 saturated heterocycles. The summed E-state index contributed by atoms with van der Waals surface area (Å²) in [5.41, 5.74) is 8.08. The zero-order valence-electron chi connectivity index (χ0n) is 19.3. The lowest BCUT2D eigenvalue weighted by Crippen LogP contribution is -2.29. The first-order valence-corrected chi connectivity index (χ1v) is 11.3. The molecule has 1 aliphatic rings. The molecule has 0 spiro atoms. The summed E-state index contributed by atoms with van der Waals surface area (Å²) in [5.74, 6) is -1.23. The number of fused-ring (bicyclic) bond motifs is 2. The minimum atomic E-state index is -1.06. The average Bonchev–Trinajstić information content (AvgIpc) is 2.88. The molecule has 36 heavy (non-hydrogen) atoms. The molecule has 178 valence electrons. The summed E-state index contributed by atoms with van der Waals surface area (Å²) >= 11 is 0. The quantitative estimate of drug-likeness (QED) is 0.296. The van der Waals surface area contributed by atoms with Crippen LogP contribution < -0.4 is 19.9 Å². The molecule has 7 heteroatoms. The molecule has 2 unspecified atom stereocenters. The molecular weight excluding hydrogens is 459 g/mol. The topological polar surface area (TPSA) is 94.6 Å². The number of benzene rings is 4. The Balaban J connectivity index is 1.46. The number of carbonyl (C=O) groups is 1. The van der Waals surface area contributed by atoms with Crippen molar-refractivity contribution in [2.24, 2.45) is 5.73 Å². The monoisotopic (exact) mass is 480 g/mol. The third kappa shape index (κ3) is 4.21. The van der Waals surface area contributed by atoms with Crippen LogP contribution in [0.1, 0.15) is 24.0 Å². The zero-order chi connectivity index (χ0) is 25.2. The standard InChI is InChI=1S/C29H21FN2O4/c1-17(34-25-12-5-4-11-24(25)30)29(33)35-19-13-14-22-26(15-19)36-28(32)23(16-31)27(22)21-10-6-8-18-7-2-3-9-20(18)21/h2-15,17,27H,32H2,1H3. The van der Waals surface area contributed by atoms with E-state index in [9.17, 15) is 14.4 Å². The van der Waals surface area contributed by atoms with Crippen LogP contribution in [0.5, 0.6) is 17.2 Å². The minimum Gasteiger partial charge on any atom is -0.476 e. The lowest BCUT2D eigenvalue weighted by Gasteiger charge is -2.27. The highest BCUT2D eigenvalue weighted by molar-refractivity contribution is 5.87. The third-order valence-electron chi connectivity index (χ3n) is 6.02. The van der Waals surface area contributed by atoms with Crippen LogP contribution >= 0.6 is 0 Å². The molecule has 2 N–H and O–H groups in total. The number of nitrogens with two attached hydrogens (primary N) is 1. The maximum absolute atomic E-state index is 13.9. The van der Waals surface area contributed by atoms with Gasteiger partial charge in [0.1, 0.15) is 23.1 Å². The highest BCUT2D eigenvalue weighted by Crippen LogP contribution is 2.45. The lowest BCUT2D eigenvalue weighted by molar-refractivity contribution is -0.141. The van der Waals surface area contributed by atoms with Crippen molar-refractivity contribution < 1.29 is 23.4 Å². The summed E-state index contributed by atoms with van der Waals surface area (Å²) < 4.78 is 30.5. The van der Waals surface area contributed by atoms with Crippen LogP contribution in [0.3, 0.4) is 0 Å². The van der Waals surface area contributed by atoms with E-state index in [4.69, 9.17) is 19.9 Å². The normalized spacial score (nSPS) is 15.4. The van der Waals surface area contributed by atoms with Gasteiger partial charge in [0.05, 0.1) is 5.92 Å². The number of halogens is 1. The van der Waals surface area contributed by atoms with Gasteiger partial charge in [-0.2, -0.15) is 5.26 Å². The van der Waals surface area contributed by atoms with Crippen molar-refractivity contribution in [1.82, 2.24) is 0 Å². The van der Waals surface area contributed by atoms with Crippen molar-refractivity contribution >= 4 is 16.7 Å². The van der Waals surface area contributed by atoms with Crippen molar-refractivity contribution in [1.29, 1.82) is 5.26 Å². The number of allylic oxidation sites excluding steroid dienone is 1. The predicted octanol–water partition coefficient (Wildman–Crippen LogP) is 5.57. The van der Waals surface area contributed by atoms with E-state index in [2.05, 4.69) is 6.07 Å². The smallest absolute Gasteiger partial charge is 0.352 e. The average molecular weight is 480 g/mol. The molecule has 0 radical (unpaired) electrons. The SMILES string of the molecule is CC(Oc1ccccc1F)C(=O)Oc1ccc2c(c1)OC(N)=C(C#N)C2c1cccc2ccccc12. The molecule has 0 aromatic heterocycles. The van der Waals surface area contributed by atoms with Crippen molar-refractivity contribution in [3.63, 3.8) is 0 Å². The highest BCUT2D eigenvalue weighted by atomic mass is 19.1. The second kappa shape index (κ2) is 9.43. The van der Waals surface area contributed by atoms with E-state index in [1.807, 2.05) is 42.5 Å². The van der Waals surface area contributed by atoms with Crippen LogP contribution in [0, 0.1) is 17.1 Å². The first-order chi connectivity index (χ1) is 17.5. The van der Waals surface area contributed by atoms with Gasteiger partial charge in [0.15, 0.2) is 17.7 Å². The van der Waals surface area contributed by atoms with Crippen LogP contribution in [0.25, 0.3) is 10.8 Å². The van der Waals surface area contributed by atoms with Gasteiger partial charge in [0.2, 0.25) is 5.88 Å². The van der Waals surface area contributed by atoms with E-state index in [0.29, 0.717) is 16.9 Å². The molecule has 0 aliphatic carbocycles. The highest BCUT2D eigenvalue weighted by Gasteiger charge is 2.32. The van der Waals surface area contributed by atoms with Crippen molar-refractivity contribution in [2.45, 2.75) is 18.9 Å². The van der Waals surface area contributed by atoms with Gasteiger partial charge in [0, 0.05) is 11.6 Å². The Morgan fingerprint density at radius 2 is 1.78 bits per heavy atom. The summed E-state index contributed by atoms with van der Waals surface area (Å²) in [6.45, 7) is 1.47. The predicted molar refractivity (Wildman–Crippen MR) is 132 cm³/mol. The number of ether oxygens (including phenoxy) is 3. The van der Waals surface area contributed by atoms with Crippen LogP contribution in [-0.4, -0.2) is 12.1 Å². The molecule has 2 atom stereocenters. The molecule has 0 saturated carbocycles. The third-order valence-corrected chi connectivity index (χ3v) is 6.02. The van der Waals surface area contributed by atoms with Crippen LogP contribution in [0.2, 0.25) is 0 Å². The Morgan fingerprint density at radius 1 is 1.03 bits per heavy atom. The number of nitriles is 1. The number of para-hydroxylation sites is 1. The summed E-state index contributed by atoms with van der Waals surface area (Å²) in [5, 5.41) is 11.9. The minimum absolute atomic E-state index is 0.0114. The summed E-state index contributed by atoms with van der Waals surface area (Å²) in [6, 6.07) is 26.7. The second-order valence-electron chi connectivity index (χ2n) is 8.30. The molecule has 1 aliphatic heterocycles. The maximum atomic E-state index is 13.9. The molecule has 0 bridgehead atoms. The van der Waals surface area contributed by atoms with Crippen molar-refractivity contribution in [3.8, 4) is 23.3 Å². The number of carbonyl (C=O) groups excluding carboxylic acids is 1. The molecule has 5 rings (SSSR count). The second-order valence-corrected chi connectivity index (χ2v) is 8.30. The maximum Gasteiger partial charge on any atom is 0.352 e. The lowest BCUT2D eigenvalue weighted by atomic mass is 9.81. The molecule has 0 fully saturated rings. The zero-order valence-corrected chi connectivity index (χ0v) is 19.3. The van der Waals surface area contributed by atoms with Gasteiger partial charge in [-0.3, -0.25) is 0 Å². The summed E-state index contributed by atoms with van der Waals surface area (Å²) in [4.78, 5) is 12.6. The van der Waals surface area contributed by atoms with Gasteiger partial charge in [0.25, 0.3) is 0 Å². The summed E-state index contributed by atoms with van der Waals surface area (Å²) in [6.07, 6.45) is -1.06. The number of esters is 1. The van der Waals surface area contributed by atoms with E-state index in [-0.39, 0.29) is 17.4 Å². The molecule has 4 aromatic rings. The van der Waals surface area contributed by atoms with Crippen LogP contribution in [-0.2, 0) is 4.79 Å². The number of hydrogen-bond donors (Lipinski definition) is 1. The largest absolute Gasteiger partial charge is 0.476 e. The fourth-order valence-corrected chi connectivity index (χ4v) is 4.30. The molecule has 0 amide bonds. The van der Waals surface area contributed by atoms with Crippen molar-refractivity contribution in [3.05, 3.63) is 113 Å². The Labute approximate surface area is 206 Å². The number of hydrogen-bond acceptors (Lipinski definition) is 6. The Bertz CT molecular complexity index is 1550. The van der Waals surface area contributed by atoms with E-state index >= 15 is 0 Å². The van der Waals surface area contributed by atoms with Gasteiger partial charge in [-0.15, -0.1) is 0 Å². The van der Waals surface area contributed by atoms with E-state index in [0.717, 1.165) is 16.3 Å². The van der Waals surface area contributed by atoms with Gasteiger partial charge in [-0.1, -0.05) is 60.7 Å². The first-order valence-electron chi connectivity index (χ1n) is 11.3. The van der Waals surface area contributed by atoms with E-state index in [1.165, 1.54) is 25.1 Å². The van der Waals surface area contributed by atoms with Crippen LogP contribution in [0.4, 0.5) is 4.39 Å². The number of nitrogens with zero attached hydrogens (tertiary/aromatic N) is 1. The molecule has 4 aromatic carbocycles. The van der Waals surface area contributed by atoms with Gasteiger partial charge in [-0.05, 0) is 41.5 Å². The van der Waals surface area contributed by atoms with Gasteiger partial charge < -0.3 is 19.9 Å². The van der Waals surface area contributed by atoms with E-state index in [1.54, 1.807) is 24.3 Å². The Kier molecular flexibility index (Phi) is 6.01. The van der Waals surface area contributed by atoms with Gasteiger partial charge >= 0.3 is 5.97 Å².